The molecule has 190 valence electrons. The Hall–Kier alpha value is -1.98. The van der Waals surface area contributed by atoms with E-state index >= 15 is 0 Å². The molecule has 0 saturated carbocycles. The summed E-state index contributed by atoms with van der Waals surface area (Å²) >= 11 is 0. The van der Waals surface area contributed by atoms with Gasteiger partial charge < -0.3 is 24.8 Å². The van der Waals surface area contributed by atoms with Crippen molar-refractivity contribution in [1.82, 2.24) is 5.32 Å². The monoisotopic (exact) mass is 484 g/mol. The molecule has 0 aliphatic rings. The molecule has 11 heteroatoms. The van der Waals surface area contributed by atoms with Crippen molar-refractivity contribution in [2.24, 2.45) is 5.92 Å². The van der Waals surface area contributed by atoms with Crippen LogP contribution in [0.1, 0.15) is 58.8 Å². The predicted molar refractivity (Wildman–Crippen MR) is 113 cm³/mol. The summed E-state index contributed by atoms with van der Waals surface area (Å²) < 4.78 is 84.1. The number of halogens is 5. The Balaban J connectivity index is 2.90. The Morgan fingerprint density at radius 2 is 1.36 bits per heavy atom. The minimum atomic E-state index is -2.31. The largest absolute Gasteiger partial charge is 0.337 e. The molecule has 1 rings (SSSR count). The number of unbranched alkanes of at least 4 members (excludes halogenated alkanes) is 5. The van der Waals surface area contributed by atoms with Crippen molar-refractivity contribution < 1.29 is 41.0 Å². The van der Waals surface area contributed by atoms with Gasteiger partial charge in [-0.2, -0.15) is 0 Å². The smallest absolute Gasteiger partial charge is 0.319 e. The van der Waals surface area contributed by atoms with Crippen LogP contribution in [0.15, 0.2) is 0 Å². The minimum Gasteiger partial charge on any atom is -0.337 e. The second-order valence-electron chi connectivity index (χ2n) is 7.48. The molecule has 1 atom stereocenters. The van der Waals surface area contributed by atoms with Gasteiger partial charge in [-0.05, 0) is 13.3 Å². The van der Waals surface area contributed by atoms with Crippen LogP contribution in [-0.4, -0.2) is 39.4 Å². The second-order valence-corrected chi connectivity index (χ2v) is 7.48. The van der Waals surface area contributed by atoms with Gasteiger partial charge in [-0.25, -0.2) is 26.7 Å². The first-order valence-electron chi connectivity index (χ1n) is 11.0. The van der Waals surface area contributed by atoms with Crippen LogP contribution in [0.3, 0.4) is 0 Å². The maximum Gasteiger partial charge on any atom is 0.319 e. The molecule has 6 nitrogen and oxygen atoms in total. The maximum absolute atomic E-state index is 13.8. The van der Waals surface area contributed by atoms with Gasteiger partial charge in [0.25, 0.3) is 5.97 Å². The Morgan fingerprint density at radius 3 is 1.88 bits per heavy atom. The third kappa shape index (κ3) is 7.79. The summed E-state index contributed by atoms with van der Waals surface area (Å²) in [7, 11) is 2.75. The number of nitrogens with one attached hydrogen (secondary N) is 2. The van der Waals surface area contributed by atoms with Crippen molar-refractivity contribution in [3.05, 3.63) is 29.1 Å². The number of urea groups is 1. The number of ether oxygens (including phenoxy) is 3. The molecule has 0 spiro atoms. The van der Waals surface area contributed by atoms with Gasteiger partial charge in [0.2, 0.25) is 5.82 Å². The highest BCUT2D eigenvalue weighted by atomic mass is 19.2. The topological polar surface area (TPSA) is 68.8 Å². The van der Waals surface area contributed by atoms with Crippen molar-refractivity contribution in [1.29, 1.82) is 0 Å². The number of hydrogen-bond donors (Lipinski definition) is 2. The SMILES string of the molecule is CCCCCCCCC(CNC(=O)Nc1c(F)c(F)c(F)c(F)c1F)C(OC)(OC)OCC. The fourth-order valence-corrected chi connectivity index (χ4v) is 3.52. The van der Waals surface area contributed by atoms with E-state index in [1.54, 1.807) is 12.2 Å². The third-order valence-corrected chi connectivity index (χ3v) is 5.28. The highest BCUT2D eigenvalue weighted by molar-refractivity contribution is 5.89. The van der Waals surface area contributed by atoms with Gasteiger partial charge in [0.1, 0.15) is 5.69 Å². The van der Waals surface area contributed by atoms with Crippen LogP contribution in [0.25, 0.3) is 0 Å². The molecule has 1 aromatic rings. The molecule has 0 fully saturated rings. The average Bonchev–Trinajstić information content (AvgIpc) is 2.82. The number of benzene rings is 1. The molecule has 33 heavy (non-hydrogen) atoms. The molecule has 0 heterocycles. The van der Waals surface area contributed by atoms with E-state index in [4.69, 9.17) is 14.2 Å². The Kier molecular flexibility index (Phi) is 12.6. The number of hydrogen-bond acceptors (Lipinski definition) is 4. The van der Waals surface area contributed by atoms with Gasteiger partial charge in [0, 0.05) is 27.4 Å². The van der Waals surface area contributed by atoms with Crippen molar-refractivity contribution >= 4 is 11.7 Å². The van der Waals surface area contributed by atoms with Crippen LogP contribution in [0.2, 0.25) is 0 Å². The molecule has 0 aliphatic carbocycles. The molecule has 0 aliphatic heterocycles. The van der Waals surface area contributed by atoms with Crippen molar-refractivity contribution in [3.63, 3.8) is 0 Å². The quantitative estimate of drug-likeness (QED) is 0.108. The first-order valence-corrected chi connectivity index (χ1v) is 11.0. The summed E-state index contributed by atoms with van der Waals surface area (Å²) in [5, 5.41) is 4.05. The molecule has 2 N–H and O–H groups in total. The lowest BCUT2D eigenvalue weighted by Gasteiger charge is -2.37. The number of rotatable bonds is 15. The Morgan fingerprint density at radius 1 is 0.848 bits per heavy atom. The standard InChI is InChI=1S/C22H33F5N2O4/c1-5-7-8-9-10-11-12-14(22(31-3,32-4)33-6-2)13-28-21(30)29-20-18(26)16(24)15(23)17(25)19(20)27/h14H,5-13H2,1-4H3,(H2,28,29,30). The van der Waals surface area contributed by atoms with Crippen LogP contribution >= 0.6 is 0 Å². The number of amides is 2. The number of carbonyl (C=O) groups is 1. The Bertz CT molecular complexity index is 734. The molecule has 0 bridgehead atoms. The van der Waals surface area contributed by atoms with Crippen LogP contribution < -0.4 is 10.6 Å². The third-order valence-electron chi connectivity index (χ3n) is 5.28. The normalized spacial score (nSPS) is 12.6. The zero-order valence-corrected chi connectivity index (χ0v) is 19.5. The van der Waals surface area contributed by atoms with Gasteiger partial charge >= 0.3 is 6.03 Å². The van der Waals surface area contributed by atoms with Gasteiger partial charge in [-0.3, -0.25) is 0 Å². The molecule has 2 amide bonds. The van der Waals surface area contributed by atoms with Crippen molar-refractivity contribution in [3.8, 4) is 0 Å². The molecular weight excluding hydrogens is 451 g/mol. The minimum absolute atomic E-state index is 0.113. The van der Waals surface area contributed by atoms with E-state index in [0.717, 1.165) is 38.5 Å². The molecule has 0 aromatic heterocycles. The van der Waals surface area contributed by atoms with E-state index in [2.05, 4.69) is 12.2 Å². The maximum atomic E-state index is 13.8. The van der Waals surface area contributed by atoms with E-state index in [-0.39, 0.29) is 13.2 Å². The lowest BCUT2D eigenvalue weighted by Crippen LogP contribution is -2.50. The highest BCUT2D eigenvalue weighted by Gasteiger charge is 2.40. The van der Waals surface area contributed by atoms with Crippen LogP contribution in [0.4, 0.5) is 32.4 Å². The van der Waals surface area contributed by atoms with Gasteiger partial charge in [-0.15, -0.1) is 0 Å². The predicted octanol–water partition coefficient (Wildman–Crippen LogP) is 5.85. The van der Waals surface area contributed by atoms with Gasteiger partial charge in [-0.1, -0.05) is 45.4 Å². The van der Waals surface area contributed by atoms with Crippen LogP contribution in [0, 0.1) is 35.0 Å². The molecule has 1 aromatic carbocycles. The number of methoxy groups -OCH3 is 2. The lowest BCUT2D eigenvalue weighted by molar-refractivity contribution is -0.386. The van der Waals surface area contributed by atoms with E-state index < -0.39 is 52.7 Å². The number of anilines is 1. The zero-order valence-electron chi connectivity index (χ0n) is 19.5. The van der Waals surface area contributed by atoms with E-state index in [1.807, 2.05) is 0 Å². The summed E-state index contributed by atoms with van der Waals surface area (Å²) in [6.07, 6.45) is 6.63. The fraction of sp³-hybridized carbons (Fsp3) is 0.682. The molecule has 0 radical (unpaired) electrons. The zero-order chi connectivity index (χ0) is 25.0. The summed E-state index contributed by atoms with van der Waals surface area (Å²) in [6, 6.07) is -1.16. The fourth-order valence-electron chi connectivity index (χ4n) is 3.52. The molecule has 1 unspecified atom stereocenters. The summed E-state index contributed by atoms with van der Waals surface area (Å²) in [5.74, 6) is -12.9. The average molecular weight is 485 g/mol. The first kappa shape index (κ1) is 29.1. The van der Waals surface area contributed by atoms with E-state index in [1.165, 1.54) is 14.2 Å². The summed E-state index contributed by atoms with van der Waals surface area (Å²) in [4.78, 5) is 12.2. The van der Waals surface area contributed by atoms with Crippen LogP contribution in [0.5, 0.6) is 0 Å². The van der Waals surface area contributed by atoms with Crippen molar-refractivity contribution in [2.45, 2.75) is 64.8 Å². The van der Waals surface area contributed by atoms with Gasteiger partial charge in [0.15, 0.2) is 23.3 Å². The van der Waals surface area contributed by atoms with E-state index in [0.29, 0.717) is 6.42 Å². The lowest BCUT2D eigenvalue weighted by atomic mass is 9.97. The molecule has 0 saturated heterocycles. The second kappa shape index (κ2) is 14.3. The first-order chi connectivity index (χ1) is 15.7. The Labute approximate surface area is 191 Å². The summed E-state index contributed by atoms with van der Waals surface area (Å²) in [5.41, 5.74) is -1.44. The van der Waals surface area contributed by atoms with Crippen molar-refractivity contribution in [2.75, 3.05) is 32.7 Å². The summed E-state index contributed by atoms with van der Waals surface area (Å²) in [6.45, 7) is 3.98. The van der Waals surface area contributed by atoms with Gasteiger partial charge in [0.05, 0.1) is 5.92 Å². The highest BCUT2D eigenvalue weighted by Crippen LogP contribution is 2.30. The number of carbonyl (C=O) groups excluding carboxylic acids is 1. The van der Waals surface area contributed by atoms with E-state index in [9.17, 15) is 26.7 Å². The van der Waals surface area contributed by atoms with Crippen LogP contribution in [-0.2, 0) is 14.2 Å². The molecular formula is C22H33F5N2O4.